The zero-order chi connectivity index (χ0) is 14.3. The highest BCUT2D eigenvalue weighted by Gasteiger charge is 2.17. The normalized spacial score (nSPS) is 10.9. The minimum atomic E-state index is 0.140. The van der Waals surface area contributed by atoms with Gasteiger partial charge in [0.2, 0.25) is 5.78 Å². The van der Waals surface area contributed by atoms with E-state index in [1.807, 2.05) is 32.0 Å². The van der Waals surface area contributed by atoms with Crippen LogP contribution < -0.4 is 0 Å². The highest BCUT2D eigenvalue weighted by atomic mass is 32.1. The van der Waals surface area contributed by atoms with E-state index in [0.717, 1.165) is 27.0 Å². The lowest BCUT2D eigenvalue weighted by molar-refractivity contribution is 0.104. The molecule has 0 aliphatic carbocycles. The van der Waals surface area contributed by atoms with Crippen LogP contribution in [0.1, 0.15) is 31.9 Å². The lowest BCUT2D eigenvalue weighted by Gasteiger charge is -2.09. The molecule has 1 heterocycles. The second-order valence-electron chi connectivity index (χ2n) is 5.25. The number of hydrogen-bond donors (Lipinski definition) is 0. The molecule has 3 aromatic rings. The summed E-state index contributed by atoms with van der Waals surface area (Å²) >= 11 is 1.57. The molecule has 0 saturated heterocycles. The van der Waals surface area contributed by atoms with Crippen LogP contribution in [0.3, 0.4) is 0 Å². The van der Waals surface area contributed by atoms with Crippen LogP contribution in [0.15, 0.2) is 42.5 Å². The van der Waals surface area contributed by atoms with Gasteiger partial charge in [0.1, 0.15) is 0 Å². The Bertz CT molecular complexity index is 755. The number of carbonyl (C=O) groups is 1. The number of thiophene rings is 1. The molecule has 3 rings (SSSR count). The number of benzene rings is 2. The van der Waals surface area contributed by atoms with Crippen LogP contribution in [0, 0.1) is 20.8 Å². The Morgan fingerprint density at radius 1 is 0.950 bits per heavy atom. The van der Waals surface area contributed by atoms with Crippen molar-refractivity contribution in [3.63, 3.8) is 0 Å². The Labute approximate surface area is 122 Å². The Kier molecular flexibility index (Phi) is 3.19. The summed E-state index contributed by atoms with van der Waals surface area (Å²) in [6.45, 7) is 6.09. The molecule has 0 amide bonds. The van der Waals surface area contributed by atoms with Crippen molar-refractivity contribution in [1.29, 1.82) is 0 Å². The Balaban J connectivity index is 2.13. The van der Waals surface area contributed by atoms with Gasteiger partial charge in [-0.05, 0) is 49.4 Å². The summed E-state index contributed by atoms with van der Waals surface area (Å²) in [7, 11) is 0. The predicted molar refractivity (Wildman–Crippen MR) is 85.9 cm³/mol. The Hall–Kier alpha value is -1.93. The van der Waals surface area contributed by atoms with E-state index in [4.69, 9.17) is 0 Å². The molecule has 0 aliphatic heterocycles. The van der Waals surface area contributed by atoms with Crippen LogP contribution in [0.5, 0.6) is 0 Å². The Morgan fingerprint density at radius 2 is 1.60 bits per heavy atom. The molecule has 0 atom stereocenters. The maximum absolute atomic E-state index is 12.8. The second kappa shape index (κ2) is 4.88. The lowest BCUT2D eigenvalue weighted by Crippen LogP contribution is -2.05. The van der Waals surface area contributed by atoms with Gasteiger partial charge in [0.15, 0.2) is 0 Å². The molecule has 0 aliphatic rings. The number of fused-ring (bicyclic) bond motifs is 1. The fourth-order valence-electron chi connectivity index (χ4n) is 2.76. The van der Waals surface area contributed by atoms with Crippen molar-refractivity contribution in [2.45, 2.75) is 20.8 Å². The molecule has 100 valence electrons. The number of carbonyl (C=O) groups excluding carboxylic acids is 1. The van der Waals surface area contributed by atoms with Crippen LogP contribution in [-0.4, -0.2) is 5.78 Å². The molecular weight excluding hydrogens is 264 g/mol. The van der Waals surface area contributed by atoms with Crippen molar-refractivity contribution in [3.05, 3.63) is 69.6 Å². The van der Waals surface area contributed by atoms with Gasteiger partial charge in [-0.3, -0.25) is 4.79 Å². The molecule has 0 radical (unpaired) electrons. The van der Waals surface area contributed by atoms with Crippen LogP contribution in [0.4, 0.5) is 0 Å². The van der Waals surface area contributed by atoms with Gasteiger partial charge >= 0.3 is 0 Å². The van der Waals surface area contributed by atoms with Gasteiger partial charge < -0.3 is 0 Å². The maximum atomic E-state index is 12.8. The van der Waals surface area contributed by atoms with Gasteiger partial charge in [-0.2, -0.15) is 0 Å². The lowest BCUT2D eigenvalue weighted by atomic mass is 9.96. The largest absolute Gasteiger partial charge is 0.288 e. The average molecular weight is 280 g/mol. The van der Waals surface area contributed by atoms with E-state index in [9.17, 15) is 4.79 Å². The fourth-order valence-corrected chi connectivity index (χ4v) is 3.76. The fraction of sp³-hybridized carbons (Fsp3) is 0.167. The van der Waals surface area contributed by atoms with Gasteiger partial charge in [-0.25, -0.2) is 0 Å². The van der Waals surface area contributed by atoms with Crippen molar-refractivity contribution in [3.8, 4) is 0 Å². The van der Waals surface area contributed by atoms with E-state index < -0.39 is 0 Å². The van der Waals surface area contributed by atoms with Gasteiger partial charge in [0, 0.05) is 10.3 Å². The summed E-state index contributed by atoms with van der Waals surface area (Å²) in [5.41, 5.74) is 4.17. The Morgan fingerprint density at radius 3 is 2.25 bits per heavy atom. The van der Waals surface area contributed by atoms with Gasteiger partial charge in [0.05, 0.1) is 4.88 Å². The summed E-state index contributed by atoms with van der Waals surface area (Å²) in [5, 5.41) is 1.14. The van der Waals surface area contributed by atoms with E-state index in [1.54, 1.807) is 11.3 Å². The van der Waals surface area contributed by atoms with Crippen LogP contribution in [0.25, 0.3) is 10.1 Å². The molecule has 0 spiro atoms. The molecule has 1 nitrogen and oxygen atoms in total. The summed E-state index contributed by atoms with van der Waals surface area (Å²) in [6.07, 6.45) is 0. The van der Waals surface area contributed by atoms with Crippen molar-refractivity contribution >= 4 is 27.2 Å². The zero-order valence-corrected chi connectivity index (χ0v) is 12.7. The maximum Gasteiger partial charge on any atom is 0.203 e. The molecule has 0 saturated carbocycles. The second-order valence-corrected chi connectivity index (χ2v) is 6.34. The number of rotatable bonds is 2. The monoisotopic (exact) mass is 280 g/mol. The first kappa shape index (κ1) is 13.1. The van der Waals surface area contributed by atoms with Crippen molar-refractivity contribution in [1.82, 2.24) is 0 Å². The molecule has 2 heteroatoms. The smallest absolute Gasteiger partial charge is 0.203 e. The third-order valence-corrected chi connectivity index (χ3v) is 4.67. The third-order valence-electron chi connectivity index (χ3n) is 3.55. The SMILES string of the molecule is Cc1cc(C)c(C(=O)c2cc3ccccc3s2)c(C)c1. The van der Waals surface area contributed by atoms with Crippen molar-refractivity contribution < 1.29 is 4.79 Å². The van der Waals surface area contributed by atoms with E-state index in [1.165, 1.54) is 10.3 Å². The highest BCUT2D eigenvalue weighted by Crippen LogP contribution is 2.29. The van der Waals surface area contributed by atoms with Gasteiger partial charge in [-0.15, -0.1) is 11.3 Å². The molecule has 0 N–H and O–H groups in total. The first-order valence-electron chi connectivity index (χ1n) is 6.67. The first-order valence-corrected chi connectivity index (χ1v) is 7.49. The van der Waals surface area contributed by atoms with Crippen LogP contribution in [0.2, 0.25) is 0 Å². The third kappa shape index (κ3) is 2.16. The molecule has 1 aromatic heterocycles. The topological polar surface area (TPSA) is 17.1 Å². The summed E-state index contributed by atoms with van der Waals surface area (Å²) in [4.78, 5) is 13.6. The molecule has 2 aromatic carbocycles. The van der Waals surface area contributed by atoms with Crippen LogP contribution >= 0.6 is 11.3 Å². The molecule has 0 unspecified atom stereocenters. The van der Waals surface area contributed by atoms with E-state index >= 15 is 0 Å². The highest BCUT2D eigenvalue weighted by molar-refractivity contribution is 7.21. The summed E-state index contributed by atoms with van der Waals surface area (Å²) in [6, 6.07) is 14.3. The molecular formula is C18H16OS. The standard InChI is InChI=1S/C18H16OS/c1-11-8-12(2)17(13(3)9-11)18(19)16-10-14-6-4-5-7-15(14)20-16/h4-10H,1-3H3. The minimum absolute atomic E-state index is 0.140. The molecule has 0 fully saturated rings. The van der Waals surface area contributed by atoms with Gasteiger partial charge in [0.25, 0.3) is 0 Å². The molecule has 20 heavy (non-hydrogen) atoms. The number of aryl methyl sites for hydroxylation is 3. The van der Waals surface area contributed by atoms with Gasteiger partial charge in [-0.1, -0.05) is 35.9 Å². The summed E-state index contributed by atoms with van der Waals surface area (Å²) in [5.74, 6) is 0.140. The van der Waals surface area contributed by atoms with Crippen molar-refractivity contribution in [2.24, 2.45) is 0 Å². The molecule has 0 bridgehead atoms. The zero-order valence-electron chi connectivity index (χ0n) is 11.9. The number of ketones is 1. The predicted octanol–water partition coefficient (Wildman–Crippen LogP) is 5.06. The first-order chi connectivity index (χ1) is 9.56. The minimum Gasteiger partial charge on any atom is -0.288 e. The van der Waals surface area contributed by atoms with E-state index in [2.05, 4.69) is 31.2 Å². The van der Waals surface area contributed by atoms with E-state index in [0.29, 0.717) is 0 Å². The van der Waals surface area contributed by atoms with E-state index in [-0.39, 0.29) is 5.78 Å². The number of hydrogen-bond acceptors (Lipinski definition) is 2. The van der Waals surface area contributed by atoms with Crippen molar-refractivity contribution in [2.75, 3.05) is 0 Å². The van der Waals surface area contributed by atoms with Crippen LogP contribution in [-0.2, 0) is 0 Å². The average Bonchev–Trinajstić information content (AvgIpc) is 2.81. The summed E-state index contributed by atoms with van der Waals surface area (Å²) < 4.78 is 1.17. The quantitative estimate of drug-likeness (QED) is 0.600.